The van der Waals surface area contributed by atoms with Gasteiger partial charge in [0.05, 0.1) is 0 Å². The molecule has 0 atom stereocenters. The van der Waals surface area contributed by atoms with Gasteiger partial charge in [-0.3, -0.25) is 0 Å². The highest BCUT2D eigenvalue weighted by Gasteiger charge is 2.29. The van der Waals surface area contributed by atoms with E-state index in [1.165, 1.54) is 0 Å². The summed E-state index contributed by atoms with van der Waals surface area (Å²) in [4.78, 5) is 11.5. The highest BCUT2D eigenvalue weighted by molar-refractivity contribution is 5.63. The van der Waals surface area contributed by atoms with Crippen molar-refractivity contribution in [2.24, 2.45) is 0 Å². The molecule has 0 aliphatic heterocycles. The average molecular weight is 401 g/mol. The third-order valence-electron chi connectivity index (χ3n) is 4.83. The fourth-order valence-corrected chi connectivity index (χ4v) is 2.87. The predicted molar refractivity (Wildman–Crippen MR) is 128 cm³/mol. The molecule has 3 rings (SSSR count). The van der Waals surface area contributed by atoms with E-state index >= 15 is 0 Å². The Kier molecular flexibility index (Phi) is 8.35. The molecule has 156 valence electrons. The zero-order valence-corrected chi connectivity index (χ0v) is 18.5. The van der Waals surface area contributed by atoms with Crippen molar-refractivity contribution in [1.82, 2.24) is 0 Å². The van der Waals surface area contributed by atoms with Gasteiger partial charge in [-0.15, -0.1) is 0 Å². The first-order chi connectivity index (χ1) is 14.3. The van der Waals surface area contributed by atoms with E-state index in [0.29, 0.717) is 0 Å². The van der Waals surface area contributed by atoms with Crippen LogP contribution < -0.4 is 0 Å². The van der Waals surface area contributed by atoms with Crippen LogP contribution >= 0.6 is 0 Å². The molecule has 3 aromatic rings. The maximum absolute atomic E-state index is 5.73. The van der Waals surface area contributed by atoms with E-state index < -0.39 is 11.2 Å². The standard InChI is InChI=1S/C18H22O2.C10H10/c1-17(2,15-11-7-5-8-12-15)19-20-18(3,4)16-13-9-6-10-14-16;1-3-9-7-5-6-8-10(9)4-2/h5-14H,1-4H3;3-8H,1-2H2. The Morgan fingerprint density at radius 1 is 0.533 bits per heavy atom. The van der Waals surface area contributed by atoms with E-state index in [4.69, 9.17) is 9.78 Å². The fourth-order valence-electron chi connectivity index (χ4n) is 2.87. The van der Waals surface area contributed by atoms with E-state index in [1.807, 2.05) is 125 Å². The molecule has 0 fully saturated rings. The third-order valence-corrected chi connectivity index (χ3v) is 4.83. The van der Waals surface area contributed by atoms with Crippen molar-refractivity contribution in [3.8, 4) is 0 Å². The molecule has 0 spiro atoms. The van der Waals surface area contributed by atoms with Crippen molar-refractivity contribution in [3.05, 3.63) is 120 Å². The summed E-state index contributed by atoms with van der Waals surface area (Å²) in [5, 5.41) is 0. The molecule has 3 aromatic carbocycles. The Hall–Kier alpha value is -2.94. The van der Waals surface area contributed by atoms with E-state index in [0.717, 1.165) is 22.3 Å². The zero-order valence-electron chi connectivity index (χ0n) is 18.5. The molecule has 0 N–H and O–H groups in total. The SMILES string of the molecule is C=Cc1ccccc1C=C.CC(C)(OOC(C)(C)c1ccccc1)c1ccccc1. The number of rotatable bonds is 7. The van der Waals surface area contributed by atoms with Crippen LogP contribution in [-0.2, 0) is 21.0 Å². The molecule has 0 aliphatic carbocycles. The number of benzene rings is 3. The van der Waals surface area contributed by atoms with E-state index in [1.54, 1.807) is 0 Å². The van der Waals surface area contributed by atoms with Gasteiger partial charge in [-0.25, -0.2) is 9.78 Å². The van der Waals surface area contributed by atoms with Crippen molar-refractivity contribution in [2.75, 3.05) is 0 Å². The van der Waals surface area contributed by atoms with Crippen LogP contribution in [0.3, 0.4) is 0 Å². The van der Waals surface area contributed by atoms with E-state index in [-0.39, 0.29) is 0 Å². The van der Waals surface area contributed by atoms with Crippen molar-refractivity contribution in [1.29, 1.82) is 0 Å². The Bertz CT molecular complexity index is 847. The van der Waals surface area contributed by atoms with Crippen molar-refractivity contribution < 1.29 is 9.78 Å². The highest BCUT2D eigenvalue weighted by Crippen LogP contribution is 2.31. The van der Waals surface area contributed by atoms with Crippen LogP contribution in [0.5, 0.6) is 0 Å². The maximum atomic E-state index is 5.73. The molecule has 0 bridgehead atoms. The molecule has 0 heterocycles. The lowest BCUT2D eigenvalue weighted by Gasteiger charge is -2.31. The first kappa shape index (κ1) is 23.3. The number of hydrogen-bond acceptors (Lipinski definition) is 2. The van der Waals surface area contributed by atoms with Gasteiger partial charge in [-0.2, -0.15) is 0 Å². The van der Waals surface area contributed by atoms with Gasteiger partial charge in [0.1, 0.15) is 11.2 Å². The molecular weight excluding hydrogens is 368 g/mol. The summed E-state index contributed by atoms with van der Waals surface area (Å²) in [6, 6.07) is 28.2. The van der Waals surface area contributed by atoms with Gasteiger partial charge in [0.2, 0.25) is 0 Å². The molecular formula is C28H32O2. The first-order valence-corrected chi connectivity index (χ1v) is 10.1. The van der Waals surface area contributed by atoms with Crippen LogP contribution in [0.4, 0.5) is 0 Å². The molecule has 0 radical (unpaired) electrons. The van der Waals surface area contributed by atoms with Gasteiger partial charge < -0.3 is 0 Å². The summed E-state index contributed by atoms with van der Waals surface area (Å²) in [5.74, 6) is 0. The van der Waals surface area contributed by atoms with Gasteiger partial charge in [-0.1, -0.05) is 110 Å². The first-order valence-electron chi connectivity index (χ1n) is 10.1. The third kappa shape index (κ3) is 6.55. The lowest BCUT2D eigenvalue weighted by molar-refractivity contribution is -0.410. The van der Waals surface area contributed by atoms with Gasteiger partial charge in [0.25, 0.3) is 0 Å². The Morgan fingerprint density at radius 3 is 1.13 bits per heavy atom. The minimum atomic E-state index is -0.493. The summed E-state index contributed by atoms with van der Waals surface area (Å²) in [6.45, 7) is 15.4. The minimum absolute atomic E-state index is 0.493. The second-order valence-corrected chi connectivity index (χ2v) is 7.96. The monoisotopic (exact) mass is 400 g/mol. The fraction of sp³-hybridized carbons (Fsp3) is 0.214. The Balaban J connectivity index is 0.000000269. The molecule has 0 unspecified atom stereocenters. The molecule has 2 heteroatoms. The second-order valence-electron chi connectivity index (χ2n) is 7.96. The number of hydrogen-bond donors (Lipinski definition) is 0. The topological polar surface area (TPSA) is 18.5 Å². The molecule has 0 aromatic heterocycles. The van der Waals surface area contributed by atoms with Crippen LogP contribution in [-0.4, -0.2) is 0 Å². The van der Waals surface area contributed by atoms with Gasteiger partial charge in [0.15, 0.2) is 0 Å². The predicted octanol–water partition coefficient (Wildman–Crippen LogP) is 7.78. The Labute approximate surface area is 181 Å². The average Bonchev–Trinajstić information content (AvgIpc) is 2.79. The Morgan fingerprint density at radius 2 is 0.833 bits per heavy atom. The van der Waals surface area contributed by atoms with Crippen molar-refractivity contribution >= 4 is 12.2 Å². The van der Waals surface area contributed by atoms with Gasteiger partial charge >= 0.3 is 0 Å². The largest absolute Gasteiger partial charge is 0.225 e. The summed E-state index contributed by atoms with van der Waals surface area (Å²) >= 11 is 0. The molecule has 0 amide bonds. The molecule has 0 saturated carbocycles. The maximum Gasteiger partial charge on any atom is 0.123 e. The van der Waals surface area contributed by atoms with E-state index in [9.17, 15) is 0 Å². The zero-order chi connectivity index (χ0) is 22.0. The molecule has 2 nitrogen and oxygen atoms in total. The summed E-state index contributed by atoms with van der Waals surface area (Å²) in [7, 11) is 0. The molecule has 0 aliphatic rings. The lowest BCUT2D eigenvalue weighted by Crippen LogP contribution is -2.29. The quantitative estimate of drug-likeness (QED) is 0.298. The molecule has 30 heavy (non-hydrogen) atoms. The van der Waals surface area contributed by atoms with Crippen LogP contribution in [0.2, 0.25) is 0 Å². The summed E-state index contributed by atoms with van der Waals surface area (Å²) in [5.41, 5.74) is 3.46. The highest BCUT2D eigenvalue weighted by atomic mass is 17.2. The van der Waals surface area contributed by atoms with Crippen LogP contribution in [0, 0.1) is 0 Å². The summed E-state index contributed by atoms with van der Waals surface area (Å²) in [6.07, 6.45) is 3.66. The van der Waals surface area contributed by atoms with Crippen molar-refractivity contribution in [3.63, 3.8) is 0 Å². The van der Waals surface area contributed by atoms with Gasteiger partial charge in [0, 0.05) is 0 Å². The normalized spacial score (nSPS) is 11.2. The van der Waals surface area contributed by atoms with Crippen LogP contribution in [0.25, 0.3) is 12.2 Å². The second kappa shape index (κ2) is 10.7. The van der Waals surface area contributed by atoms with Crippen LogP contribution in [0.1, 0.15) is 49.9 Å². The lowest BCUT2D eigenvalue weighted by atomic mass is 9.98. The summed E-state index contributed by atoms with van der Waals surface area (Å²) < 4.78 is 0. The van der Waals surface area contributed by atoms with Crippen LogP contribution in [0.15, 0.2) is 98.1 Å². The van der Waals surface area contributed by atoms with E-state index in [2.05, 4.69) is 13.2 Å². The molecule has 0 saturated heterocycles. The van der Waals surface area contributed by atoms with Gasteiger partial charge in [-0.05, 0) is 49.9 Å². The van der Waals surface area contributed by atoms with Crippen molar-refractivity contribution in [2.45, 2.75) is 38.9 Å². The minimum Gasteiger partial charge on any atom is -0.225 e. The smallest absolute Gasteiger partial charge is 0.123 e.